The van der Waals surface area contributed by atoms with Crippen molar-refractivity contribution in [2.24, 2.45) is 0 Å². The highest BCUT2D eigenvalue weighted by Crippen LogP contribution is 2.23. The van der Waals surface area contributed by atoms with E-state index in [-0.39, 0.29) is 18.1 Å². The van der Waals surface area contributed by atoms with Crippen LogP contribution >= 0.6 is 11.3 Å². The van der Waals surface area contributed by atoms with Crippen LogP contribution in [-0.4, -0.2) is 10.9 Å². The molecule has 1 amide bonds. The zero-order valence-electron chi connectivity index (χ0n) is 12.5. The first kappa shape index (κ1) is 15.4. The molecule has 1 N–H and O–H groups in total. The lowest BCUT2D eigenvalue weighted by atomic mass is 10.1. The lowest BCUT2D eigenvalue weighted by Gasteiger charge is -2.06. The van der Waals surface area contributed by atoms with Crippen molar-refractivity contribution in [3.05, 3.63) is 70.3 Å². The first-order valence-corrected chi connectivity index (χ1v) is 8.05. The molecule has 1 aromatic heterocycles. The van der Waals surface area contributed by atoms with Crippen LogP contribution in [0.4, 0.5) is 10.1 Å². The zero-order valence-corrected chi connectivity index (χ0v) is 13.4. The van der Waals surface area contributed by atoms with Gasteiger partial charge in [-0.2, -0.15) is 0 Å². The molecule has 116 valence electrons. The Morgan fingerprint density at radius 3 is 2.65 bits per heavy atom. The van der Waals surface area contributed by atoms with E-state index in [4.69, 9.17) is 0 Å². The second-order valence-electron chi connectivity index (χ2n) is 5.18. The van der Waals surface area contributed by atoms with E-state index in [1.54, 1.807) is 23.5 Å². The highest BCUT2D eigenvalue weighted by atomic mass is 32.1. The van der Waals surface area contributed by atoms with Gasteiger partial charge < -0.3 is 5.32 Å². The number of carbonyl (C=O) groups is 1. The van der Waals surface area contributed by atoms with Crippen molar-refractivity contribution in [3.8, 4) is 11.3 Å². The maximum absolute atomic E-state index is 13.1. The molecule has 0 radical (unpaired) electrons. The summed E-state index contributed by atoms with van der Waals surface area (Å²) in [6, 6.07) is 13.6. The van der Waals surface area contributed by atoms with Gasteiger partial charge in [0.1, 0.15) is 5.82 Å². The minimum absolute atomic E-state index is 0.144. The number of amides is 1. The van der Waals surface area contributed by atoms with E-state index in [0.29, 0.717) is 11.3 Å². The predicted octanol–water partition coefficient (Wildman–Crippen LogP) is 4.44. The number of aromatic nitrogens is 1. The minimum atomic E-state index is -0.335. The van der Waals surface area contributed by atoms with Gasteiger partial charge in [-0.3, -0.25) is 4.79 Å². The summed E-state index contributed by atoms with van der Waals surface area (Å²) in [6.07, 6.45) is 0.144. The second kappa shape index (κ2) is 6.71. The molecule has 0 bridgehead atoms. The molecule has 5 heteroatoms. The van der Waals surface area contributed by atoms with Crippen LogP contribution in [-0.2, 0) is 11.2 Å². The number of anilines is 1. The van der Waals surface area contributed by atoms with E-state index < -0.39 is 0 Å². The first-order chi connectivity index (χ1) is 11.1. The summed E-state index contributed by atoms with van der Waals surface area (Å²) in [5, 5.41) is 5.84. The maximum atomic E-state index is 13.1. The lowest BCUT2D eigenvalue weighted by molar-refractivity contribution is -0.115. The third kappa shape index (κ3) is 4.02. The van der Waals surface area contributed by atoms with Crippen LogP contribution < -0.4 is 5.32 Å². The van der Waals surface area contributed by atoms with Crippen LogP contribution in [0.5, 0.6) is 0 Å². The van der Waals surface area contributed by atoms with Crippen molar-refractivity contribution in [2.45, 2.75) is 13.3 Å². The normalized spacial score (nSPS) is 10.5. The summed E-state index contributed by atoms with van der Waals surface area (Å²) in [5.41, 5.74) is 3.31. The van der Waals surface area contributed by atoms with E-state index in [1.807, 2.05) is 36.6 Å². The summed E-state index contributed by atoms with van der Waals surface area (Å²) in [7, 11) is 0. The Labute approximate surface area is 137 Å². The Kier molecular flexibility index (Phi) is 4.48. The smallest absolute Gasteiger partial charge is 0.228 e. The number of thiazole rings is 1. The Morgan fingerprint density at radius 2 is 2.00 bits per heavy atom. The fraction of sp³-hybridized carbons (Fsp3) is 0.111. The molecule has 3 aromatic rings. The topological polar surface area (TPSA) is 42.0 Å². The Hall–Kier alpha value is -2.53. The van der Waals surface area contributed by atoms with Crippen molar-refractivity contribution in [1.82, 2.24) is 4.98 Å². The van der Waals surface area contributed by atoms with Gasteiger partial charge in [0.25, 0.3) is 0 Å². The number of hydrogen-bond acceptors (Lipinski definition) is 3. The number of carbonyl (C=O) groups excluding carboxylic acids is 1. The van der Waals surface area contributed by atoms with Gasteiger partial charge in [-0.15, -0.1) is 11.3 Å². The minimum Gasteiger partial charge on any atom is -0.326 e. The molecule has 0 saturated heterocycles. The molecule has 3 rings (SSSR count). The van der Waals surface area contributed by atoms with Gasteiger partial charge in [-0.05, 0) is 36.8 Å². The largest absolute Gasteiger partial charge is 0.326 e. The number of nitrogens with zero attached hydrogens (tertiary/aromatic N) is 1. The van der Waals surface area contributed by atoms with Crippen molar-refractivity contribution in [1.29, 1.82) is 0 Å². The molecule has 1 heterocycles. The van der Waals surface area contributed by atoms with Crippen LogP contribution in [0.3, 0.4) is 0 Å². The molecule has 0 unspecified atom stereocenters. The Balaban J connectivity index is 1.65. The second-order valence-corrected chi connectivity index (χ2v) is 6.25. The van der Waals surface area contributed by atoms with E-state index in [0.717, 1.165) is 16.3 Å². The summed E-state index contributed by atoms with van der Waals surface area (Å²) in [4.78, 5) is 16.4. The first-order valence-electron chi connectivity index (χ1n) is 7.17. The van der Waals surface area contributed by atoms with E-state index in [1.165, 1.54) is 12.1 Å². The molecule has 0 aliphatic heterocycles. The molecular formula is C18H15FN2OS. The highest BCUT2D eigenvalue weighted by Gasteiger charge is 2.06. The summed E-state index contributed by atoms with van der Waals surface area (Å²) < 4.78 is 13.1. The van der Waals surface area contributed by atoms with Gasteiger partial charge in [0.15, 0.2) is 0 Å². The standard InChI is InChI=1S/C18H15FN2OS/c1-12-20-17(11-23-12)14-5-7-16(8-6-14)21-18(22)10-13-3-2-4-15(19)9-13/h2-9,11H,10H2,1H3,(H,21,22). The van der Waals surface area contributed by atoms with E-state index >= 15 is 0 Å². The number of halogens is 1. The Bertz CT molecular complexity index is 827. The number of nitrogens with one attached hydrogen (secondary N) is 1. The van der Waals surface area contributed by atoms with Crippen molar-refractivity contribution in [2.75, 3.05) is 5.32 Å². The number of benzene rings is 2. The molecule has 3 nitrogen and oxygen atoms in total. The van der Waals surface area contributed by atoms with E-state index in [9.17, 15) is 9.18 Å². The van der Waals surface area contributed by atoms with Crippen LogP contribution in [0.15, 0.2) is 53.9 Å². The van der Waals surface area contributed by atoms with Gasteiger partial charge in [0.2, 0.25) is 5.91 Å². The SMILES string of the molecule is Cc1nc(-c2ccc(NC(=O)Cc3cccc(F)c3)cc2)cs1. The predicted molar refractivity (Wildman–Crippen MR) is 91.0 cm³/mol. The Morgan fingerprint density at radius 1 is 1.22 bits per heavy atom. The average molecular weight is 326 g/mol. The third-order valence-corrected chi connectivity index (χ3v) is 4.11. The van der Waals surface area contributed by atoms with Crippen molar-refractivity contribution in [3.63, 3.8) is 0 Å². The number of hydrogen-bond donors (Lipinski definition) is 1. The van der Waals surface area contributed by atoms with Gasteiger partial charge in [0, 0.05) is 16.6 Å². The molecule has 0 atom stereocenters. The molecule has 2 aromatic carbocycles. The maximum Gasteiger partial charge on any atom is 0.228 e. The third-order valence-electron chi connectivity index (χ3n) is 3.34. The van der Waals surface area contributed by atoms with Gasteiger partial charge >= 0.3 is 0 Å². The molecular weight excluding hydrogens is 311 g/mol. The molecule has 0 aliphatic rings. The van der Waals surface area contributed by atoms with Crippen LogP contribution in [0.1, 0.15) is 10.6 Å². The zero-order chi connectivity index (χ0) is 16.2. The quantitative estimate of drug-likeness (QED) is 0.770. The van der Waals surface area contributed by atoms with Gasteiger partial charge in [-0.25, -0.2) is 9.37 Å². The monoisotopic (exact) mass is 326 g/mol. The molecule has 0 fully saturated rings. The van der Waals surface area contributed by atoms with E-state index in [2.05, 4.69) is 10.3 Å². The van der Waals surface area contributed by atoms with Crippen LogP contribution in [0.2, 0.25) is 0 Å². The molecule has 23 heavy (non-hydrogen) atoms. The van der Waals surface area contributed by atoms with Crippen molar-refractivity contribution < 1.29 is 9.18 Å². The molecule has 0 saturated carbocycles. The van der Waals surface area contributed by atoms with Crippen LogP contribution in [0, 0.1) is 12.7 Å². The fourth-order valence-electron chi connectivity index (χ4n) is 2.26. The number of aryl methyl sites for hydroxylation is 1. The highest BCUT2D eigenvalue weighted by molar-refractivity contribution is 7.09. The molecule has 0 spiro atoms. The fourth-order valence-corrected chi connectivity index (χ4v) is 2.88. The summed E-state index contributed by atoms with van der Waals surface area (Å²) >= 11 is 1.60. The molecule has 0 aliphatic carbocycles. The van der Waals surface area contributed by atoms with Gasteiger partial charge in [0.05, 0.1) is 17.1 Å². The van der Waals surface area contributed by atoms with Gasteiger partial charge in [-0.1, -0.05) is 24.3 Å². The average Bonchev–Trinajstić information content (AvgIpc) is 2.94. The lowest BCUT2D eigenvalue weighted by Crippen LogP contribution is -2.14. The van der Waals surface area contributed by atoms with Crippen molar-refractivity contribution >= 4 is 22.9 Å². The summed E-state index contributed by atoms with van der Waals surface area (Å²) in [6.45, 7) is 1.97. The van der Waals surface area contributed by atoms with Crippen LogP contribution in [0.25, 0.3) is 11.3 Å². The number of rotatable bonds is 4. The summed E-state index contributed by atoms with van der Waals surface area (Å²) in [5.74, 6) is -0.508.